The van der Waals surface area contributed by atoms with E-state index in [1.54, 1.807) is 44.2 Å². The number of carbonyl (C=O) groups is 3. The minimum Gasteiger partial charge on any atom is -0.459 e. The molecule has 2 amide bonds. The number of esters is 1. The highest BCUT2D eigenvalue weighted by Gasteiger charge is 2.42. The van der Waals surface area contributed by atoms with Gasteiger partial charge < -0.3 is 10.1 Å². The molecule has 0 heterocycles. The minimum atomic E-state index is -4.84. The summed E-state index contributed by atoms with van der Waals surface area (Å²) >= 11 is 0. The Bertz CT molecular complexity index is 729. The van der Waals surface area contributed by atoms with E-state index in [2.05, 4.69) is 5.32 Å². The van der Waals surface area contributed by atoms with Gasteiger partial charge in [-0.1, -0.05) is 44.2 Å². The van der Waals surface area contributed by atoms with Gasteiger partial charge in [0.05, 0.1) is 12.5 Å². The van der Waals surface area contributed by atoms with Gasteiger partial charge in [-0.15, -0.1) is 0 Å². The molecule has 0 aliphatic heterocycles. The van der Waals surface area contributed by atoms with Crippen LogP contribution in [0.3, 0.4) is 0 Å². The van der Waals surface area contributed by atoms with E-state index in [-0.39, 0.29) is 18.9 Å². The Morgan fingerprint density at radius 2 is 1.71 bits per heavy atom. The highest BCUT2D eigenvalue weighted by molar-refractivity contribution is 5.85. The molecule has 0 bridgehead atoms. The van der Waals surface area contributed by atoms with Crippen LogP contribution in [0.25, 0.3) is 0 Å². The Morgan fingerprint density at radius 1 is 1.10 bits per heavy atom. The van der Waals surface area contributed by atoms with Gasteiger partial charge in [0.25, 0.3) is 5.91 Å². The fourth-order valence-corrected chi connectivity index (χ4v) is 2.70. The first kappa shape index (κ1) is 26.4. The molecule has 0 saturated heterocycles. The first-order valence-corrected chi connectivity index (χ1v) is 9.70. The fourth-order valence-electron chi connectivity index (χ4n) is 2.70. The predicted molar refractivity (Wildman–Crippen MR) is 105 cm³/mol. The summed E-state index contributed by atoms with van der Waals surface area (Å²) < 4.78 is 45.1. The summed E-state index contributed by atoms with van der Waals surface area (Å²) in [5, 5.41) is 12.8. The summed E-state index contributed by atoms with van der Waals surface area (Å²) in [6.07, 6.45) is -5.73. The van der Waals surface area contributed by atoms with Crippen LogP contribution in [0.4, 0.5) is 13.2 Å². The zero-order chi connectivity index (χ0) is 23.6. The summed E-state index contributed by atoms with van der Waals surface area (Å²) in [6, 6.07) is 3.91. The summed E-state index contributed by atoms with van der Waals surface area (Å²) in [6.45, 7) is 4.65. The molecule has 4 N–H and O–H groups in total. The van der Waals surface area contributed by atoms with Crippen LogP contribution in [0, 0.1) is 5.92 Å². The summed E-state index contributed by atoms with van der Waals surface area (Å²) in [5.74, 6) is -2.92. The second-order valence-corrected chi connectivity index (χ2v) is 7.51. The number of hydroxylamine groups is 1. The maximum absolute atomic E-state index is 13.3. The molecule has 0 aromatic heterocycles. The van der Waals surface area contributed by atoms with Gasteiger partial charge in [0, 0.05) is 0 Å². The Morgan fingerprint density at radius 3 is 2.23 bits per heavy atom. The van der Waals surface area contributed by atoms with Gasteiger partial charge in [0.2, 0.25) is 5.91 Å². The number of nitrogens with one attached hydrogen (secondary N) is 3. The van der Waals surface area contributed by atoms with Gasteiger partial charge in [-0.05, 0) is 24.8 Å². The Balaban J connectivity index is 2.79. The van der Waals surface area contributed by atoms with Crippen LogP contribution in [-0.4, -0.2) is 47.3 Å². The number of halogens is 3. The van der Waals surface area contributed by atoms with Crippen molar-refractivity contribution in [3.8, 4) is 0 Å². The molecule has 1 aromatic rings. The van der Waals surface area contributed by atoms with Crippen LogP contribution in [0.5, 0.6) is 0 Å². The van der Waals surface area contributed by atoms with Crippen LogP contribution in [0.15, 0.2) is 30.3 Å². The Kier molecular flexibility index (Phi) is 10.4. The van der Waals surface area contributed by atoms with Crippen molar-refractivity contribution < 1.29 is 37.5 Å². The number of carbonyl (C=O) groups excluding carboxylic acids is 3. The van der Waals surface area contributed by atoms with Crippen LogP contribution >= 0.6 is 0 Å². The number of benzene rings is 1. The van der Waals surface area contributed by atoms with Crippen LogP contribution in [0.2, 0.25) is 0 Å². The van der Waals surface area contributed by atoms with E-state index >= 15 is 0 Å². The average molecular weight is 447 g/mol. The third-order valence-electron chi connectivity index (χ3n) is 4.29. The van der Waals surface area contributed by atoms with Crippen molar-refractivity contribution in [3.05, 3.63) is 35.9 Å². The van der Waals surface area contributed by atoms with E-state index in [1.807, 2.05) is 5.32 Å². The zero-order valence-corrected chi connectivity index (χ0v) is 17.5. The van der Waals surface area contributed by atoms with E-state index in [0.29, 0.717) is 0 Å². The summed E-state index contributed by atoms with van der Waals surface area (Å²) in [4.78, 5) is 36.0. The van der Waals surface area contributed by atoms with Crippen molar-refractivity contribution in [1.82, 2.24) is 16.1 Å². The number of hydrogen-bond donors (Lipinski definition) is 4. The second kappa shape index (κ2) is 12.3. The van der Waals surface area contributed by atoms with Gasteiger partial charge >= 0.3 is 12.1 Å². The largest absolute Gasteiger partial charge is 0.459 e. The highest BCUT2D eigenvalue weighted by Crippen LogP contribution is 2.23. The van der Waals surface area contributed by atoms with Crippen LogP contribution in [0.1, 0.15) is 39.2 Å². The molecule has 0 radical (unpaired) electrons. The molecule has 0 aliphatic rings. The smallest absolute Gasteiger partial charge is 0.404 e. The third-order valence-corrected chi connectivity index (χ3v) is 4.29. The lowest BCUT2D eigenvalue weighted by molar-refractivity contribution is -0.165. The van der Waals surface area contributed by atoms with E-state index in [9.17, 15) is 27.6 Å². The Hall–Kier alpha value is -2.66. The first-order chi connectivity index (χ1) is 14.4. The Labute approximate surface area is 178 Å². The SMILES string of the molecule is CC(C)C[C@H](NC(=O)CC(N[C@@H](C)C(=O)NO)C(F)(F)F)C(=O)OCc1ccccc1. The normalized spacial score (nSPS) is 14.5. The second-order valence-electron chi connectivity index (χ2n) is 7.51. The molecule has 0 saturated carbocycles. The number of rotatable bonds is 11. The first-order valence-electron chi connectivity index (χ1n) is 9.70. The van der Waals surface area contributed by atoms with E-state index in [1.165, 1.54) is 5.48 Å². The predicted octanol–water partition coefficient (Wildman–Crippen LogP) is 2.07. The third kappa shape index (κ3) is 9.79. The average Bonchev–Trinajstić information content (AvgIpc) is 2.70. The molecule has 31 heavy (non-hydrogen) atoms. The van der Waals surface area contributed by atoms with Crippen LogP contribution < -0.4 is 16.1 Å². The number of alkyl halides is 3. The van der Waals surface area contributed by atoms with Crippen molar-refractivity contribution in [2.45, 2.75) is 64.5 Å². The molecule has 1 unspecified atom stereocenters. The molecule has 0 spiro atoms. The monoisotopic (exact) mass is 447 g/mol. The van der Waals surface area contributed by atoms with Gasteiger partial charge in [-0.3, -0.25) is 20.1 Å². The van der Waals surface area contributed by atoms with Crippen molar-refractivity contribution in [2.75, 3.05) is 0 Å². The quantitative estimate of drug-likeness (QED) is 0.234. The molecule has 11 heteroatoms. The minimum absolute atomic E-state index is 0.0370. The van der Waals surface area contributed by atoms with Gasteiger partial charge in [0.1, 0.15) is 18.7 Å². The zero-order valence-electron chi connectivity index (χ0n) is 17.5. The molecule has 8 nitrogen and oxygen atoms in total. The molecule has 0 fully saturated rings. The fraction of sp³-hybridized carbons (Fsp3) is 0.550. The number of amides is 2. The lowest BCUT2D eigenvalue weighted by Crippen LogP contribution is -2.54. The summed E-state index contributed by atoms with van der Waals surface area (Å²) in [5.41, 5.74) is 1.97. The maximum Gasteiger partial charge on any atom is 0.404 e. The van der Waals surface area contributed by atoms with E-state index in [0.717, 1.165) is 12.5 Å². The van der Waals surface area contributed by atoms with Crippen molar-refractivity contribution >= 4 is 17.8 Å². The number of ether oxygens (including phenoxy) is 1. The standard InChI is InChI=1S/C20H28F3N3O5/c1-12(2)9-15(19(29)31-11-14-7-5-4-6-8-14)25-17(27)10-16(20(21,22)23)24-13(3)18(28)26-30/h4-8,12-13,15-16,24,30H,9-11H2,1-3H3,(H,25,27)(H,26,28)/t13-,15-,16?/m0/s1. The molecule has 1 aromatic carbocycles. The maximum atomic E-state index is 13.3. The molecule has 0 aliphatic carbocycles. The van der Waals surface area contributed by atoms with Crippen molar-refractivity contribution in [2.24, 2.45) is 5.92 Å². The van der Waals surface area contributed by atoms with E-state index < -0.39 is 48.5 Å². The molecule has 1 rings (SSSR count). The topological polar surface area (TPSA) is 117 Å². The van der Waals surface area contributed by atoms with Crippen molar-refractivity contribution in [1.29, 1.82) is 0 Å². The van der Waals surface area contributed by atoms with Crippen molar-refractivity contribution in [3.63, 3.8) is 0 Å². The molecular weight excluding hydrogens is 419 g/mol. The van der Waals surface area contributed by atoms with Gasteiger partial charge in [-0.25, -0.2) is 10.3 Å². The van der Waals surface area contributed by atoms with Gasteiger partial charge in [-0.2, -0.15) is 13.2 Å². The molecular formula is C20H28F3N3O5. The summed E-state index contributed by atoms with van der Waals surface area (Å²) in [7, 11) is 0. The lowest BCUT2D eigenvalue weighted by Gasteiger charge is -2.25. The van der Waals surface area contributed by atoms with Gasteiger partial charge in [0.15, 0.2) is 0 Å². The lowest BCUT2D eigenvalue weighted by atomic mass is 10.0. The molecule has 3 atom stereocenters. The van der Waals surface area contributed by atoms with Crippen LogP contribution in [-0.2, 0) is 25.7 Å². The molecule has 174 valence electrons. The van der Waals surface area contributed by atoms with E-state index in [4.69, 9.17) is 9.94 Å². The number of hydrogen-bond acceptors (Lipinski definition) is 6. The highest BCUT2D eigenvalue weighted by atomic mass is 19.4.